The summed E-state index contributed by atoms with van der Waals surface area (Å²) < 4.78 is 27.1. The first kappa shape index (κ1) is 16.5. The third kappa shape index (κ3) is 2.87. The normalized spacial score (nSPS) is 11.8. The van der Waals surface area contributed by atoms with Crippen LogP contribution in [0.4, 0.5) is 0 Å². The van der Waals surface area contributed by atoms with Gasteiger partial charge >= 0.3 is 0 Å². The maximum Gasteiger partial charge on any atom is 0.235 e. The van der Waals surface area contributed by atoms with Crippen LogP contribution in [0.3, 0.4) is 0 Å². The SMILES string of the molecule is C=C(C)S(=O)(=O)c1nc2ccccc2n1Cc1cc(C)cc(C)c1. The van der Waals surface area contributed by atoms with Crippen molar-refractivity contribution >= 4 is 20.9 Å². The molecular formula is C19H20N2O2S. The van der Waals surface area contributed by atoms with E-state index in [1.807, 2.05) is 38.1 Å². The minimum atomic E-state index is -3.65. The first-order valence-corrected chi connectivity index (χ1v) is 9.20. The van der Waals surface area contributed by atoms with Crippen LogP contribution in [0.2, 0.25) is 0 Å². The van der Waals surface area contributed by atoms with Crippen molar-refractivity contribution in [3.63, 3.8) is 0 Å². The summed E-state index contributed by atoms with van der Waals surface area (Å²) in [6.07, 6.45) is 0. The molecule has 0 fully saturated rings. The second kappa shape index (κ2) is 5.91. The van der Waals surface area contributed by atoms with Gasteiger partial charge in [-0.2, -0.15) is 0 Å². The standard InChI is InChI=1S/C19H20N2O2S/c1-13(2)24(22,23)19-20-17-7-5-6-8-18(17)21(19)12-16-10-14(3)9-15(4)11-16/h5-11H,1,12H2,2-4H3. The average Bonchev–Trinajstić information content (AvgIpc) is 2.86. The molecule has 124 valence electrons. The molecule has 0 saturated heterocycles. The number of imidazole rings is 1. The maximum atomic E-state index is 12.7. The van der Waals surface area contributed by atoms with Crippen molar-refractivity contribution in [2.75, 3.05) is 0 Å². The predicted octanol–water partition coefficient (Wildman–Crippen LogP) is 4.01. The number of fused-ring (bicyclic) bond motifs is 1. The Kier molecular flexibility index (Phi) is 4.05. The molecular weight excluding hydrogens is 320 g/mol. The molecule has 4 nitrogen and oxygen atoms in total. The summed E-state index contributed by atoms with van der Waals surface area (Å²) in [5.41, 5.74) is 4.82. The zero-order valence-corrected chi connectivity index (χ0v) is 14.9. The predicted molar refractivity (Wildman–Crippen MR) is 96.8 cm³/mol. The number of para-hydroxylation sites is 2. The van der Waals surface area contributed by atoms with Crippen LogP contribution in [0.15, 0.2) is 59.1 Å². The summed E-state index contributed by atoms with van der Waals surface area (Å²) >= 11 is 0. The molecule has 24 heavy (non-hydrogen) atoms. The van der Waals surface area contributed by atoms with E-state index in [4.69, 9.17) is 0 Å². The molecule has 0 amide bonds. The molecule has 0 bridgehead atoms. The number of hydrogen-bond acceptors (Lipinski definition) is 3. The smallest absolute Gasteiger partial charge is 0.235 e. The summed E-state index contributed by atoms with van der Waals surface area (Å²) in [5.74, 6) is 0. The van der Waals surface area contributed by atoms with Crippen LogP contribution in [0, 0.1) is 13.8 Å². The summed E-state index contributed by atoms with van der Waals surface area (Å²) in [4.78, 5) is 4.46. The molecule has 1 aromatic heterocycles. The third-order valence-electron chi connectivity index (χ3n) is 3.94. The largest absolute Gasteiger partial charge is 0.310 e. The van der Waals surface area contributed by atoms with Gasteiger partial charge in [-0.1, -0.05) is 48.0 Å². The molecule has 2 aromatic carbocycles. The van der Waals surface area contributed by atoms with Gasteiger partial charge in [0.15, 0.2) is 0 Å². The number of allylic oxidation sites excluding steroid dienone is 1. The van der Waals surface area contributed by atoms with Gasteiger partial charge in [-0.25, -0.2) is 13.4 Å². The van der Waals surface area contributed by atoms with Crippen molar-refractivity contribution in [3.8, 4) is 0 Å². The molecule has 0 aliphatic rings. The van der Waals surface area contributed by atoms with E-state index in [-0.39, 0.29) is 10.1 Å². The van der Waals surface area contributed by atoms with Crippen molar-refractivity contribution in [2.45, 2.75) is 32.5 Å². The second-order valence-electron chi connectivity index (χ2n) is 6.17. The highest BCUT2D eigenvalue weighted by atomic mass is 32.2. The lowest BCUT2D eigenvalue weighted by atomic mass is 10.1. The molecule has 0 aliphatic carbocycles. The van der Waals surface area contributed by atoms with E-state index in [0.717, 1.165) is 22.2 Å². The summed E-state index contributed by atoms with van der Waals surface area (Å²) in [6.45, 7) is 9.63. The molecule has 0 saturated carbocycles. The van der Waals surface area contributed by atoms with E-state index in [1.54, 1.807) is 4.57 Å². The molecule has 0 spiro atoms. The van der Waals surface area contributed by atoms with E-state index in [1.165, 1.54) is 6.92 Å². The number of sulfone groups is 1. The Morgan fingerprint density at radius 3 is 2.38 bits per heavy atom. The molecule has 0 radical (unpaired) electrons. The van der Waals surface area contributed by atoms with Crippen LogP contribution in [0.25, 0.3) is 11.0 Å². The van der Waals surface area contributed by atoms with Gasteiger partial charge in [0.2, 0.25) is 15.0 Å². The number of nitrogens with zero attached hydrogens (tertiary/aromatic N) is 2. The summed E-state index contributed by atoms with van der Waals surface area (Å²) in [5, 5.41) is 0.0513. The lowest BCUT2D eigenvalue weighted by molar-refractivity contribution is 0.581. The van der Waals surface area contributed by atoms with Gasteiger partial charge in [-0.3, -0.25) is 0 Å². The zero-order valence-electron chi connectivity index (χ0n) is 14.1. The highest BCUT2D eigenvalue weighted by molar-refractivity contribution is 7.95. The maximum absolute atomic E-state index is 12.7. The minimum absolute atomic E-state index is 0.0513. The first-order valence-electron chi connectivity index (χ1n) is 7.72. The van der Waals surface area contributed by atoms with Gasteiger partial charge < -0.3 is 4.57 Å². The van der Waals surface area contributed by atoms with Crippen LogP contribution in [-0.4, -0.2) is 18.0 Å². The fraction of sp³-hybridized carbons (Fsp3) is 0.211. The summed E-state index contributed by atoms with van der Waals surface area (Å²) in [7, 11) is -3.65. The minimum Gasteiger partial charge on any atom is -0.310 e. The Balaban J connectivity index is 2.23. The number of hydrogen-bond donors (Lipinski definition) is 0. The number of aryl methyl sites for hydroxylation is 2. The van der Waals surface area contributed by atoms with Crippen molar-refractivity contribution in [3.05, 3.63) is 70.6 Å². The Bertz CT molecular complexity index is 1030. The van der Waals surface area contributed by atoms with Crippen molar-refractivity contribution in [1.29, 1.82) is 0 Å². The third-order valence-corrected chi connectivity index (χ3v) is 5.65. The number of benzene rings is 2. The Labute approximate surface area is 142 Å². The molecule has 0 unspecified atom stereocenters. The Morgan fingerprint density at radius 1 is 1.12 bits per heavy atom. The van der Waals surface area contributed by atoms with Gasteiger partial charge in [0.25, 0.3) is 0 Å². The van der Waals surface area contributed by atoms with Gasteiger partial charge in [-0.05, 0) is 38.5 Å². The van der Waals surface area contributed by atoms with Crippen molar-refractivity contribution < 1.29 is 8.42 Å². The Hall–Kier alpha value is -2.40. The lowest BCUT2D eigenvalue weighted by Crippen LogP contribution is -2.12. The fourth-order valence-electron chi connectivity index (χ4n) is 2.91. The van der Waals surface area contributed by atoms with Gasteiger partial charge in [0, 0.05) is 4.91 Å². The van der Waals surface area contributed by atoms with E-state index in [9.17, 15) is 8.42 Å². The molecule has 0 atom stereocenters. The molecule has 1 heterocycles. The van der Waals surface area contributed by atoms with Crippen molar-refractivity contribution in [1.82, 2.24) is 9.55 Å². The van der Waals surface area contributed by atoms with Gasteiger partial charge in [0.1, 0.15) is 0 Å². The van der Waals surface area contributed by atoms with Gasteiger partial charge in [-0.15, -0.1) is 0 Å². The molecule has 3 aromatic rings. The molecule has 0 N–H and O–H groups in total. The monoisotopic (exact) mass is 340 g/mol. The lowest BCUT2D eigenvalue weighted by Gasteiger charge is -2.11. The molecule has 0 aliphatic heterocycles. The van der Waals surface area contributed by atoms with E-state index in [2.05, 4.69) is 29.8 Å². The fourth-order valence-corrected chi connectivity index (χ4v) is 3.89. The van der Waals surface area contributed by atoms with Gasteiger partial charge in [0.05, 0.1) is 17.6 Å². The molecule has 3 rings (SSSR count). The van der Waals surface area contributed by atoms with Crippen LogP contribution in [0.5, 0.6) is 0 Å². The highest BCUT2D eigenvalue weighted by Gasteiger charge is 2.24. The van der Waals surface area contributed by atoms with E-state index in [0.29, 0.717) is 12.1 Å². The number of aromatic nitrogens is 2. The van der Waals surface area contributed by atoms with Crippen LogP contribution < -0.4 is 0 Å². The van der Waals surface area contributed by atoms with Crippen LogP contribution >= 0.6 is 0 Å². The molecule has 5 heteroatoms. The van der Waals surface area contributed by atoms with E-state index < -0.39 is 9.84 Å². The van der Waals surface area contributed by atoms with Crippen LogP contribution in [-0.2, 0) is 16.4 Å². The highest BCUT2D eigenvalue weighted by Crippen LogP contribution is 2.25. The quantitative estimate of drug-likeness (QED) is 0.721. The Morgan fingerprint density at radius 2 is 1.75 bits per heavy atom. The first-order chi connectivity index (χ1) is 11.3. The van der Waals surface area contributed by atoms with Crippen molar-refractivity contribution in [2.24, 2.45) is 0 Å². The second-order valence-corrected chi connectivity index (χ2v) is 8.24. The zero-order chi connectivity index (χ0) is 17.5. The number of rotatable bonds is 4. The average molecular weight is 340 g/mol. The van der Waals surface area contributed by atoms with Crippen LogP contribution in [0.1, 0.15) is 23.6 Å². The van der Waals surface area contributed by atoms with E-state index >= 15 is 0 Å². The summed E-state index contributed by atoms with van der Waals surface area (Å²) in [6, 6.07) is 13.7. The topological polar surface area (TPSA) is 52.0 Å².